The fraction of sp³-hybridized carbons (Fsp3) is 0.214. The highest BCUT2D eigenvalue weighted by Crippen LogP contribution is 2.37. The maximum Gasteiger partial charge on any atom is 0.329 e. The molecule has 1 aliphatic heterocycles. The van der Waals surface area contributed by atoms with Gasteiger partial charge in [0.1, 0.15) is 12.2 Å². The van der Waals surface area contributed by atoms with Gasteiger partial charge in [0, 0.05) is 0 Å². The molecule has 0 unspecified atom stereocenters. The van der Waals surface area contributed by atoms with E-state index in [-0.39, 0.29) is 22.9 Å². The quantitative estimate of drug-likeness (QED) is 0.529. The Balaban J connectivity index is 2.37. The number of nitrogens with one attached hydrogen (secondary N) is 1. The molecule has 1 aliphatic rings. The molecule has 1 aromatic carbocycles. The van der Waals surface area contributed by atoms with Gasteiger partial charge in [0.25, 0.3) is 5.91 Å². The first kappa shape index (κ1) is 16.1. The van der Waals surface area contributed by atoms with Gasteiger partial charge in [-0.25, -0.2) is 9.69 Å². The third-order valence-electron chi connectivity index (χ3n) is 3.07. The highest BCUT2D eigenvalue weighted by atomic mass is 16.5. The zero-order chi connectivity index (χ0) is 17.1. The third-order valence-corrected chi connectivity index (χ3v) is 3.07. The Morgan fingerprint density at radius 2 is 1.83 bits per heavy atom. The Morgan fingerprint density at radius 1 is 1.26 bits per heavy atom. The molecular weight excluding hydrogens is 308 g/mol. The predicted molar refractivity (Wildman–Crippen MR) is 77.1 cm³/mol. The topological polar surface area (TPSA) is 125 Å². The number of methoxy groups -OCH3 is 2. The Morgan fingerprint density at radius 3 is 2.30 bits per heavy atom. The SMILES string of the molecule is COc1cc(/C=C2/NC(=O)N(CC(=O)O)C2=O)cc(OC)c1O. The number of ether oxygens (including phenoxy) is 2. The normalized spacial score (nSPS) is 15.7. The second kappa shape index (κ2) is 6.26. The van der Waals surface area contributed by atoms with Gasteiger partial charge in [0.2, 0.25) is 5.75 Å². The number of aliphatic carboxylic acids is 1. The average molecular weight is 322 g/mol. The maximum atomic E-state index is 12.0. The number of hydrogen-bond donors (Lipinski definition) is 3. The van der Waals surface area contributed by atoms with E-state index in [4.69, 9.17) is 14.6 Å². The van der Waals surface area contributed by atoms with E-state index in [1.807, 2.05) is 0 Å². The van der Waals surface area contributed by atoms with Crippen molar-refractivity contribution in [1.29, 1.82) is 0 Å². The predicted octanol–water partition coefficient (Wildman–Crippen LogP) is 0.387. The molecule has 9 nitrogen and oxygen atoms in total. The number of hydrogen-bond acceptors (Lipinski definition) is 6. The van der Waals surface area contributed by atoms with Gasteiger partial charge in [0.05, 0.1) is 14.2 Å². The van der Waals surface area contributed by atoms with E-state index in [0.29, 0.717) is 10.5 Å². The first-order valence-electron chi connectivity index (χ1n) is 6.38. The molecule has 1 saturated heterocycles. The molecule has 0 atom stereocenters. The summed E-state index contributed by atoms with van der Waals surface area (Å²) >= 11 is 0. The minimum absolute atomic E-state index is 0.0916. The van der Waals surface area contributed by atoms with Crippen LogP contribution in [0.25, 0.3) is 6.08 Å². The lowest BCUT2D eigenvalue weighted by Gasteiger charge is -2.09. The van der Waals surface area contributed by atoms with Crippen molar-refractivity contribution in [2.75, 3.05) is 20.8 Å². The van der Waals surface area contributed by atoms with E-state index < -0.39 is 24.5 Å². The fourth-order valence-electron chi connectivity index (χ4n) is 2.01. The van der Waals surface area contributed by atoms with Crippen LogP contribution in [-0.4, -0.2) is 53.8 Å². The van der Waals surface area contributed by atoms with Crippen molar-refractivity contribution in [3.8, 4) is 17.2 Å². The number of nitrogens with zero attached hydrogens (tertiary/aromatic N) is 1. The molecule has 0 radical (unpaired) electrons. The fourth-order valence-corrected chi connectivity index (χ4v) is 2.01. The first-order chi connectivity index (χ1) is 10.9. The van der Waals surface area contributed by atoms with Crippen molar-refractivity contribution in [3.63, 3.8) is 0 Å². The Kier molecular flexibility index (Phi) is 4.39. The van der Waals surface area contributed by atoms with Gasteiger partial charge in [-0.15, -0.1) is 0 Å². The van der Waals surface area contributed by atoms with Crippen molar-refractivity contribution in [1.82, 2.24) is 10.2 Å². The molecule has 1 fully saturated rings. The van der Waals surface area contributed by atoms with Gasteiger partial charge < -0.3 is 25.0 Å². The van der Waals surface area contributed by atoms with E-state index in [0.717, 1.165) is 0 Å². The number of rotatable bonds is 5. The van der Waals surface area contributed by atoms with Gasteiger partial charge >= 0.3 is 12.0 Å². The molecule has 0 saturated carbocycles. The summed E-state index contributed by atoms with van der Waals surface area (Å²) in [5, 5.41) is 20.8. The monoisotopic (exact) mass is 322 g/mol. The van der Waals surface area contributed by atoms with E-state index in [1.165, 1.54) is 32.4 Å². The number of phenolic OH excluding ortho intramolecular Hbond substituents is 1. The average Bonchev–Trinajstić information content (AvgIpc) is 2.76. The number of carboxylic acid groups (broad SMARTS) is 1. The smallest absolute Gasteiger partial charge is 0.329 e. The van der Waals surface area contributed by atoms with Crippen LogP contribution in [0, 0.1) is 0 Å². The molecule has 122 valence electrons. The number of carbonyl (C=O) groups excluding carboxylic acids is 2. The number of amides is 3. The zero-order valence-corrected chi connectivity index (χ0v) is 12.3. The van der Waals surface area contributed by atoms with Crippen LogP contribution in [0.15, 0.2) is 17.8 Å². The molecular formula is C14H14N2O7. The summed E-state index contributed by atoms with van der Waals surface area (Å²) in [5.41, 5.74) is 0.323. The summed E-state index contributed by atoms with van der Waals surface area (Å²) in [6.45, 7) is -0.732. The summed E-state index contributed by atoms with van der Waals surface area (Å²) in [6.07, 6.45) is 1.33. The highest BCUT2D eigenvalue weighted by molar-refractivity contribution is 6.15. The number of phenols is 1. The van der Waals surface area contributed by atoms with Crippen molar-refractivity contribution >= 4 is 24.0 Å². The van der Waals surface area contributed by atoms with E-state index in [9.17, 15) is 19.5 Å². The lowest BCUT2D eigenvalue weighted by Crippen LogP contribution is -2.35. The largest absolute Gasteiger partial charge is 0.502 e. The number of imide groups is 1. The lowest BCUT2D eigenvalue weighted by atomic mass is 10.1. The lowest BCUT2D eigenvalue weighted by molar-refractivity contribution is -0.140. The van der Waals surface area contributed by atoms with Crippen LogP contribution < -0.4 is 14.8 Å². The van der Waals surface area contributed by atoms with Crippen molar-refractivity contribution in [3.05, 3.63) is 23.4 Å². The van der Waals surface area contributed by atoms with Gasteiger partial charge in [-0.2, -0.15) is 0 Å². The second-order valence-corrected chi connectivity index (χ2v) is 4.55. The van der Waals surface area contributed by atoms with Crippen LogP contribution >= 0.6 is 0 Å². The molecule has 0 aliphatic carbocycles. The molecule has 0 spiro atoms. The van der Waals surface area contributed by atoms with Crippen LogP contribution in [0.5, 0.6) is 17.2 Å². The van der Waals surface area contributed by atoms with E-state index in [2.05, 4.69) is 5.32 Å². The van der Waals surface area contributed by atoms with Gasteiger partial charge in [0.15, 0.2) is 11.5 Å². The number of carbonyl (C=O) groups is 3. The molecule has 3 N–H and O–H groups in total. The third kappa shape index (κ3) is 3.18. The van der Waals surface area contributed by atoms with Crippen LogP contribution in [0.2, 0.25) is 0 Å². The molecule has 0 bridgehead atoms. The van der Waals surface area contributed by atoms with Crippen molar-refractivity contribution in [2.24, 2.45) is 0 Å². The van der Waals surface area contributed by atoms with Crippen LogP contribution in [-0.2, 0) is 9.59 Å². The van der Waals surface area contributed by atoms with Crippen LogP contribution in [0.1, 0.15) is 5.56 Å². The Bertz CT molecular complexity index is 686. The minimum Gasteiger partial charge on any atom is -0.502 e. The van der Waals surface area contributed by atoms with Crippen molar-refractivity contribution in [2.45, 2.75) is 0 Å². The standard InChI is InChI=1S/C14H14N2O7/c1-22-9-4-7(5-10(23-2)12(9)19)3-8-13(20)16(6-11(17)18)14(21)15-8/h3-5,19H,6H2,1-2H3,(H,15,21)(H,17,18)/b8-3+. The van der Waals surface area contributed by atoms with Crippen LogP contribution in [0.3, 0.4) is 0 Å². The summed E-state index contributed by atoms with van der Waals surface area (Å²) < 4.78 is 9.99. The molecule has 0 aromatic heterocycles. The number of urea groups is 1. The highest BCUT2D eigenvalue weighted by Gasteiger charge is 2.34. The van der Waals surface area contributed by atoms with Gasteiger partial charge in [-0.3, -0.25) is 9.59 Å². The summed E-state index contributed by atoms with van der Waals surface area (Å²) in [5.74, 6) is -2.02. The van der Waals surface area contributed by atoms with Crippen molar-refractivity contribution < 1.29 is 34.1 Å². The molecule has 1 aromatic rings. The molecule has 9 heteroatoms. The second-order valence-electron chi connectivity index (χ2n) is 4.55. The Labute approximate surface area is 130 Å². The summed E-state index contributed by atoms with van der Waals surface area (Å²) in [4.78, 5) is 34.9. The van der Waals surface area contributed by atoms with Crippen LogP contribution in [0.4, 0.5) is 4.79 Å². The van der Waals surface area contributed by atoms with E-state index in [1.54, 1.807) is 0 Å². The van der Waals surface area contributed by atoms with E-state index >= 15 is 0 Å². The molecule has 3 amide bonds. The van der Waals surface area contributed by atoms with Gasteiger partial charge in [-0.05, 0) is 23.8 Å². The number of carboxylic acids is 1. The molecule has 1 heterocycles. The first-order valence-corrected chi connectivity index (χ1v) is 6.38. The maximum absolute atomic E-state index is 12.0. The van der Waals surface area contributed by atoms with Gasteiger partial charge in [-0.1, -0.05) is 0 Å². The zero-order valence-electron chi connectivity index (χ0n) is 12.3. The minimum atomic E-state index is -1.30. The number of aromatic hydroxyl groups is 1. The summed E-state index contributed by atoms with van der Waals surface area (Å²) in [6, 6.07) is 2.05. The molecule has 2 rings (SSSR count). The summed E-state index contributed by atoms with van der Waals surface area (Å²) in [7, 11) is 2.70. The number of benzene rings is 1. The Hall–Kier alpha value is -3.23. The molecule has 23 heavy (non-hydrogen) atoms.